The van der Waals surface area contributed by atoms with Crippen LogP contribution in [0.1, 0.15) is 20.8 Å². The summed E-state index contributed by atoms with van der Waals surface area (Å²) in [7, 11) is 0. The Morgan fingerprint density at radius 2 is 2.00 bits per heavy atom. The van der Waals surface area contributed by atoms with E-state index in [1.54, 1.807) is 0 Å². The van der Waals surface area contributed by atoms with E-state index in [-0.39, 0.29) is 5.75 Å². The van der Waals surface area contributed by atoms with Crippen molar-refractivity contribution in [2.24, 2.45) is 11.1 Å². The molecule has 0 unspecified atom stereocenters. The van der Waals surface area contributed by atoms with Crippen molar-refractivity contribution in [3.05, 3.63) is 10.1 Å². The van der Waals surface area contributed by atoms with E-state index in [0.29, 0.717) is 0 Å². The van der Waals surface area contributed by atoms with E-state index in [1.807, 2.05) is 0 Å². The molecule has 0 aromatic rings. The second kappa shape index (κ2) is 7.68. The first kappa shape index (κ1) is 18.2. The molecule has 0 heterocycles. The molecule has 0 aliphatic rings. The van der Waals surface area contributed by atoms with Gasteiger partial charge in [-0.05, 0) is 0 Å². The molecule has 114 valence electrons. The Morgan fingerprint density at radius 3 is 2.40 bits per heavy atom. The van der Waals surface area contributed by atoms with Crippen LogP contribution in [-0.2, 0) is 19.2 Å². The molecule has 2 amide bonds. The number of nitrogens with one attached hydrogen (secondary N) is 1. The zero-order valence-corrected chi connectivity index (χ0v) is 12.2. The molecule has 9 nitrogen and oxygen atoms in total. The van der Waals surface area contributed by atoms with Gasteiger partial charge in [0.2, 0.25) is 11.8 Å². The molecule has 10 heteroatoms. The number of carbonyl (C=O) groups is 3. The number of nitrogens with two attached hydrogens (primary N) is 1. The molecule has 0 aliphatic heterocycles. The second-order valence-electron chi connectivity index (χ2n) is 4.63. The number of rotatable bonds is 8. The first-order chi connectivity index (χ1) is 9.06. The third kappa shape index (κ3) is 6.92. The molecule has 0 fully saturated rings. The number of nitrogens with zero attached hydrogens (tertiary/aromatic N) is 1. The molecule has 0 spiro atoms. The first-order valence-corrected chi connectivity index (χ1v) is 6.55. The number of hydrogen-bond donors (Lipinski definition) is 2. The molecule has 0 radical (unpaired) electrons. The highest BCUT2D eigenvalue weighted by molar-refractivity contribution is 8.13. The van der Waals surface area contributed by atoms with Crippen molar-refractivity contribution in [3.8, 4) is 0 Å². The molecule has 0 bridgehead atoms. The van der Waals surface area contributed by atoms with Gasteiger partial charge in [0.25, 0.3) is 5.09 Å². The van der Waals surface area contributed by atoms with Crippen LogP contribution in [0.15, 0.2) is 0 Å². The van der Waals surface area contributed by atoms with Crippen molar-refractivity contribution in [1.29, 1.82) is 0 Å². The van der Waals surface area contributed by atoms with Crippen LogP contribution in [0.25, 0.3) is 0 Å². The summed E-state index contributed by atoms with van der Waals surface area (Å²) in [4.78, 5) is 48.1. The maximum absolute atomic E-state index is 11.9. The largest absolute Gasteiger partial charge is 0.368 e. The van der Waals surface area contributed by atoms with Gasteiger partial charge >= 0.3 is 0 Å². The minimum Gasteiger partial charge on any atom is -0.368 e. The van der Waals surface area contributed by atoms with E-state index in [9.17, 15) is 24.5 Å². The fraction of sp³-hybridized carbons (Fsp3) is 0.700. The second-order valence-corrected chi connectivity index (χ2v) is 5.63. The molecule has 0 saturated heterocycles. The van der Waals surface area contributed by atoms with Gasteiger partial charge in [-0.3, -0.25) is 14.4 Å². The highest BCUT2D eigenvalue weighted by Gasteiger charge is 2.31. The van der Waals surface area contributed by atoms with Gasteiger partial charge < -0.3 is 15.9 Å². The van der Waals surface area contributed by atoms with Crippen LogP contribution < -0.4 is 11.1 Å². The summed E-state index contributed by atoms with van der Waals surface area (Å²) in [6, 6.07) is -0.978. The molecule has 0 rings (SSSR count). The van der Waals surface area contributed by atoms with Gasteiger partial charge in [-0.15, -0.1) is 10.1 Å². The monoisotopic (exact) mass is 307 g/mol. The fourth-order valence-corrected chi connectivity index (χ4v) is 2.08. The highest BCUT2D eigenvalue weighted by atomic mass is 32.2. The quantitative estimate of drug-likeness (QED) is 0.453. The maximum atomic E-state index is 11.9. The van der Waals surface area contributed by atoms with Gasteiger partial charge in [0.1, 0.15) is 12.6 Å². The number of hydrogen-bond acceptors (Lipinski definition) is 7. The van der Waals surface area contributed by atoms with E-state index < -0.39 is 40.1 Å². The van der Waals surface area contributed by atoms with E-state index in [4.69, 9.17) is 5.73 Å². The van der Waals surface area contributed by atoms with E-state index in [2.05, 4.69) is 10.2 Å². The minimum absolute atomic E-state index is 0.0460. The zero-order chi connectivity index (χ0) is 15.9. The van der Waals surface area contributed by atoms with Gasteiger partial charge in [0.15, 0.2) is 5.12 Å². The molecular weight excluding hydrogens is 290 g/mol. The average Bonchev–Trinajstić information content (AvgIpc) is 2.30. The lowest BCUT2D eigenvalue weighted by atomic mass is 9.97. The van der Waals surface area contributed by atoms with Gasteiger partial charge in [0.05, 0.1) is 5.41 Å². The van der Waals surface area contributed by atoms with E-state index in [1.165, 1.54) is 20.8 Å². The number of amides is 2. The molecule has 0 aromatic carbocycles. The lowest BCUT2D eigenvalue weighted by Crippen LogP contribution is -2.45. The lowest BCUT2D eigenvalue weighted by molar-refractivity contribution is -0.760. The van der Waals surface area contributed by atoms with Crippen LogP contribution >= 0.6 is 11.8 Å². The van der Waals surface area contributed by atoms with Crippen LogP contribution in [0.2, 0.25) is 0 Å². The summed E-state index contributed by atoms with van der Waals surface area (Å²) in [6.45, 7) is 3.78. The summed E-state index contributed by atoms with van der Waals surface area (Å²) < 4.78 is 0. The van der Waals surface area contributed by atoms with Crippen molar-refractivity contribution in [2.75, 3.05) is 12.4 Å². The van der Waals surface area contributed by atoms with E-state index in [0.717, 1.165) is 11.8 Å². The molecule has 0 saturated carbocycles. The third-order valence-electron chi connectivity index (χ3n) is 2.19. The lowest BCUT2D eigenvalue weighted by Gasteiger charge is -2.22. The molecular formula is C10H17N3O6S. The Morgan fingerprint density at radius 1 is 1.45 bits per heavy atom. The number of thioether (sulfide) groups is 1. The Bertz CT molecular complexity index is 412. The molecule has 0 aromatic heterocycles. The average molecular weight is 307 g/mol. The topological polar surface area (TPSA) is 142 Å². The van der Waals surface area contributed by atoms with Gasteiger partial charge in [0, 0.05) is 12.7 Å². The maximum Gasteiger partial charge on any atom is 0.294 e. The van der Waals surface area contributed by atoms with Crippen molar-refractivity contribution >= 4 is 28.7 Å². The number of primary amides is 1. The van der Waals surface area contributed by atoms with Crippen molar-refractivity contribution in [1.82, 2.24) is 5.32 Å². The van der Waals surface area contributed by atoms with Gasteiger partial charge in [-0.1, -0.05) is 25.6 Å². The SMILES string of the molecule is CC(=O)N[C@@H](CSC(=O)C(C)(C)CO[N+](=O)[O-])C(N)=O. The zero-order valence-electron chi connectivity index (χ0n) is 11.4. The van der Waals surface area contributed by atoms with Crippen LogP contribution in [0.3, 0.4) is 0 Å². The summed E-state index contributed by atoms with van der Waals surface area (Å²) >= 11 is 0.756. The normalized spacial score (nSPS) is 12.3. The molecule has 1 atom stereocenters. The molecule has 3 N–H and O–H groups in total. The Labute approximate surface area is 119 Å². The van der Waals surface area contributed by atoms with Gasteiger partial charge in [-0.25, -0.2) is 0 Å². The Hall–Kier alpha value is -1.84. The third-order valence-corrected chi connectivity index (χ3v) is 3.50. The van der Waals surface area contributed by atoms with Crippen LogP contribution in [0.4, 0.5) is 0 Å². The predicted molar refractivity (Wildman–Crippen MR) is 71.0 cm³/mol. The highest BCUT2D eigenvalue weighted by Crippen LogP contribution is 2.24. The molecule has 0 aliphatic carbocycles. The summed E-state index contributed by atoms with van der Waals surface area (Å²) in [5.74, 6) is -1.26. The van der Waals surface area contributed by atoms with Gasteiger partial charge in [-0.2, -0.15) is 0 Å². The Balaban J connectivity index is 4.46. The summed E-state index contributed by atoms with van der Waals surface area (Å²) in [5.41, 5.74) is 3.99. The number of carbonyl (C=O) groups excluding carboxylic acids is 3. The summed E-state index contributed by atoms with van der Waals surface area (Å²) in [5, 5.41) is 11.0. The predicted octanol–water partition coefficient (Wildman–Crippen LogP) is -0.529. The van der Waals surface area contributed by atoms with Crippen LogP contribution in [0, 0.1) is 15.5 Å². The van der Waals surface area contributed by atoms with Crippen LogP contribution in [0.5, 0.6) is 0 Å². The summed E-state index contributed by atoms with van der Waals surface area (Å²) in [6.07, 6.45) is 0. The Kier molecular flexibility index (Phi) is 6.97. The smallest absolute Gasteiger partial charge is 0.294 e. The standard InChI is InChI=1S/C10H17N3O6S/c1-6(14)12-7(8(11)15)4-20-9(16)10(2,3)5-19-13(17)18/h7H,4-5H2,1-3H3,(H2,11,15)(H,12,14)/t7-/m0/s1. The molecule has 20 heavy (non-hydrogen) atoms. The fourth-order valence-electron chi connectivity index (χ4n) is 1.07. The van der Waals surface area contributed by atoms with Crippen LogP contribution in [-0.4, -0.2) is 40.4 Å². The van der Waals surface area contributed by atoms with Crippen molar-refractivity contribution < 1.29 is 24.3 Å². The minimum atomic E-state index is -1.10. The van der Waals surface area contributed by atoms with Crippen molar-refractivity contribution in [2.45, 2.75) is 26.8 Å². The van der Waals surface area contributed by atoms with Crippen molar-refractivity contribution in [3.63, 3.8) is 0 Å². The van der Waals surface area contributed by atoms with E-state index >= 15 is 0 Å². The first-order valence-electron chi connectivity index (χ1n) is 5.57.